The quantitative estimate of drug-likeness (QED) is 0.798. The van der Waals surface area contributed by atoms with Gasteiger partial charge in [0.15, 0.2) is 0 Å². The number of likely N-dealkylation sites (tertiary alicyclic amines) is 1. The second-order valence-corrected chi connectivity index (χ2v) is 8.15. The summed E-state index contributed by atoms with van der Waals surface area (Å²) in [5, 5.41) is 0. The fourth-order valence-corrected chi connectivity index (χ4v) is 4.59. The van der Waals surface area contributed by atoms with Crippen molar-refractivity contribution >= 4 is 11.8 Å². The Bertz CT molecular complexity index is 929. The van der Waals surface area contributed by atoms with Gasteiger partial charge in [0.05, 0.1) is 11.1 Å². The Morgan fingerprint density at radius 1 is 1.17 bits per heavy atom. The molecule has 2 atom stereocenters. The summed E-state index contributed by atoms with van der Waals surface area (Å²) in [5.74, 6) is 1.18. The van der Waals surface area contributed by atoms with E-state index in [0.29, 0.717) is 31.0 Å². The Balaban J connectivity index is 1.40. The molecule has 3 fully saturated rings. The van der Waals surface area contributed by atoms with Crippen LogP contribution in [0.15, 0.2) is 42.7 Å². The molecular formula is C22H24N4O3. The zero-order valence-corrected chi connectivity index (χ0v) is 16.5. The first-order chi connectivity index (χ1) is 14.1. The van der Waals surface area contributed by atoms with E-state index in [2.05, 4.69) is 9.97 Å². The molecule has 29 heavy (non-hydrogen) atoms. The smallest absolute Gasteiger partial charge is 0.257 e. The van der Waals surface area contributed by atoms with Crippen molar-refractivity contribution < 1.29 is 14.3 Å². The molecule has 0 spiro atoms. The number of benzene rings is 1. The molecule has 2 aliphatic heterocycles. The number of hydrogen-bond donors (Lipinski definition) is 0. The first-order valence-corrected chi connectivity index (χ1v) is 10.1. The van der Waals surface area contributed by atoms with Crippen LogP contribution in [0.4, 0.5) is 0 Å². The van der Waals surface area contributed by atoms with E-state index in [0.717, 1.165) is 24.2 Å². The summed E-state index contributed by atoms with van der Waals surface area (Å²) in [5.41, 5.74) is 0.992. The van der Waals surface area contributed by atoms with Crippen molar-refractivity contribution in [1.29, 1.82) is 0 Å². The minimum absolute atomic E-state index is 0.0334. The molecule has 1 aliphatic carbocycles. The minimum Gasteiger partial charge on any atom is -0.364 e. The third kappa shape index (κ3) is 3.00. The Morgan fingerprint density at radius 2 is 1.90 bits per heavy atom. The number of nitrogens with zero attached hydrogens (tertiary/aromatic N) is 4. The monoisotopic (exact) mass is 392 g/mol. The number of hydrogen-bond acceptors (Lipinski definition) is 5. The molecule has 7 heteroatoms. The third-order valence-electron chi connectivity index (χ3n) is 6.48. The van der Waals surface area contributed by atoms with Gasteiger partial charge in [0.25, 0.3) is 5.91 Å². The molecule has 0 unspecified atom stereocenters. The molecule has 3 heterocycles. The number of likely N-dealkylation sites (N-methyl/N-ethyl adjacent to an activating group) is 1. The first kappa shape index (κ1) is 18.2. The van der Waals surface area contributed by atoms with E-state index in [1.54, 1.807) is 17.3 Å². The number of piperidine rings is 1. The Labute approximate surface area is 169 Å². The van der Waals surface area contributed by atoms with Crippen LogP contribution in [0.3, 0.4) is 0 Å². The fraction of sp³-hybridized carbons (Fsp3) is 0.455. The molecule has 0 radical (unpaired) electrons. The Hall–Kier alpha value is -2.80. The van der Waals surface area contributed by atoms with Crippen LogP contribution in [0.1, 0.15) is 46.9 Å². The predicted molar refractivity (Wildman–Crippen MR) is 105 cm³/mol. The van der Waals surface area contributed by atoms with Crippen LogP contribution >= 0.6 is 0 Å². The molecule has 150 valence electrons. The number of amides is 2. The van der Waals surface area contributed by atoms with Gasteiger partial charge in [0.2, 0.25) is 5.91 Å². The zero-order valence-electron chi connectivity index (χ0n) is 16.5. The van der Waals surface area contributed by atoms with Gasteiger partial charge < -0.3 is 14.5 Å². The maximum Gasteiger partial charge on any atom is 0.257 e. The summed E-state index contributed by atoms with van der Waals surface area (Å²) in [4.78, 5) is 37.9. The molecule has 2 aromatic rings. The first-order valence-electron chi connectivity index (χ1n) is 10.1. The molecule has 1 saturated carbocycles. The molecule has 2 saturated heterocycles. The molecule has 3 aliphatic rings. The fourth-order valence-electron chi connectivity index (χ4n) is 4.59. The lowest BCUT2D eigenvalue weighted by Crippen LogP contribution is -2.67. The molecule has 5 rings (SSSR count). The van der Waals surface area contributed by atoms with Crippen molar-refractivity contribution in [1.82, 2.24) is 19.8 Å². The highest BCUT2D eigenvalue weighted by molar-refractivity contribution is 5.93. The third-order valence-corrected chi connectivity index (χ3v) is 6.48. The average Bonchev–Trinajstić information content (AvgIpc) is 3.62. The highest BCUT2D eigenvalue weighted by atomic mass is 16.5. The van der Waals surface area contributed by atoms with E-state index >= 15 is 0 Å². The van der Waals surface area contributed by atoms with E-state index in [1.165, 1.54) is 0 Å². The van der Waals surface area contributed by atoms with E-state index in [4.69, 9.17) is 4.74 Å². The van der Waals surface area contributed by atoms with Gasteiger partial charge in [-0.25, -0.2) is 9.97 Å². The van der Waals surface area contributed by atoms with Crippen molar-refractivity contribution in [3.8, 4) is 0 Å². The molecule has 2 amide bonds. The van der Waals surface area contributed by atoms with Crippen LogP contribution in [0, 0.1) is 0 Å². The largest absolute Gasteiger partial charge is 0.364 e. The van der Waals surface area contributed by atoms with Gasteiger partial charge in [0, 0.05) is 38.4 Å². The maximum absolute atomic E-state index is 13.1. The van der Waals surface area contributed by atoms with E-state index in [-0.39, 0.29) is 24.5 Å². The normalized spacial score (nSPS) is 26.9. The van der Waals surface area contributed by atoms with Crippen molar-refractivity contribution in [2.45, 2.75) is 36.8 Å². The average molecular weight is 392 g/mol. The summed E-state index contributed by atoms with van der Waals surface area (Å²) in [7, 11) is 1.84. The molecular weight excluding hydrogens is 368 g/mol. The van der Waals surface area contributed by atoms with Crippen LogP contribution in [-0.2, 0) is 15.1 Å². The Morgan fingerprint density at radius 3 is 2.59 bits per heavy atom. The van der Waals surface area contributed by atoms with Crippen molar-refractivity contribution in [3.63, 3.8) is 0 Å². The summed E-state index contributed by atoms with van der Waals surface area (Å²) < 4.78 is 5.98. The topological polar surface area (TPSA) is 75.6 Å². The van der Waals surface area contributed by atoms with Crippen LogP contribution < -0.4 is 0 Å². The molecule has 7 nitrogen and oxygen atoms in total. The second kappa shape index (κ2) is 6.91. The Kier molecular flexibility index (Phi) is 4.35. The van der Waals surface area contributed by atoms with Gasteiger partial charge in [-0.05, 0) is 24.8 Å². The summed E-state index contributed by atoms with van der Waals surface area (Å²) in [6.07, 6.45) is 5.88. The van der Waals surface area contributed by atoms with Crippen molar-refractivity contribution in [2.24, 2.45) is 0 Å². The maximum atomic E-state index is 13.1. The number of rotatable bonds is 3. The molecule has 0 N–H and O–H groups in total. The molecule has 0 bridgehead atoms. The highest BCUT2D eigenvalue weighted by Crippen LogP contribution is 2.42. The highest BCUT2D eigenvalue weighted by Gasteiger charge is 2.53. The van der Waals surface area contributed by atoms with Crippen LogP contribution in [0.5, 0.6) is 0 Å². The van der Waals surface area contributed by atoms with Gasteiger partial charge in [0.1, 0.15) is 18.5 Å². The summed E-state index contributed by atoms with van der Waals surface area (Å²) in [6, 6.07) is 9.99. The van der Waals surface area contributed by atoms with Crippen LogP contribution in [-0.4, -0.2) is 64.4 Å². The number of fused-ring (bicyclic) bond motifs is 1. The summed E-state index contributed by atoms with van der Waals surface area (Å²) >= 11 is 0. The molecule has 1 aromatic carbocycles. The number of carbonyl (C=O) groups excluding carboxylic acids is 2. The lowest BCUT2D eigenvalue weighted by molar-refractivity contribution is -0.180. The number of aromatic nitrogens is 2. The van der Waals surface area contributed by atoms with Gasteiger partial charge >= 0.3 is 0 Å². The minimum atomic E-state index is -0.556. The standard InChI is InChI=1S/C22H24N4O3/c1-25-19(27)14-29-18-13-26(10-9-22(18,25)17-5-3-2-4-6-17)21(28)16-11-23-20(24-12-16)15-7-8-15/h2-6,11-12,15,18H,7-10,13-14H2,1H3/t18-,22+/m1/s1. The number of morpholine rings is 1. The van der Waals surface area contributed by atoms with Gasteiger partial charge in [-0.3, -0.25) is 9.59 Å². The summed E-state index contributed by atoms with van der Waals surface area (Å²) in [6.45, 7) is 1.00. The van der Waals surface area contributed by atoms with Crippen molar-refractivity contribution in [3.05, 3.63) is 59.7 Å². The predicted octanol–water partition coefficient (Wildman–Crippen LogP) is 1.95. The number of ether oxygens (including phenoxy) is 1. The van der Waals surface area contributed by atoms with Crippen LogP contribution in [0.2, 0.25) is 0 Å². The van der Waals surface area contributed by atoms with E-state index in [1.807, 2.05) is 42.3 Å². The molecule has 1 aromatic heterocycles. The zero-order chi connectivity index (χ0) is 20.0. The lowest BCUT2D eigenvalue weighted by atomic mass is 9.76. The number of carbonyl (C=O) groups is 2. The van der Waals surface area contributed by atoms with E-state index in [9.17, 15) is 9.59 Å². The second-order valence-electron chi connectivity index (χ2n) is 8.15. The lowest BCUT2D eigenvalue weighted by Gasteiger charge is -2.54. The van der Waals surface area contributed by atoms with E-state index < -0.39 is 5.54 Å². The van der Waals surface area contributed by atoms with Gasteiger partial charge in [-0.2, -0.15) is 0 Å². The van der Waals surface area contributed by atoms with Gasteiger partial charge in [-0.15, -0.1) is 0 Å². The SMILES string of the molecule is CN1C(=O)CO[C@@H]2CN(C(=O)c3cnc(C4CC4)nc3)CC[C@]21c1ccccc1. The van der Waals surface area contributed by atoms with Crippen LogP contribution in [0.25, 0.3) is 0 Å². The van der Waals surface area contributed by atoms with Crippen molar-refractivity contribution in [2.75, 3.05) is 26.7 Å². The van der Waals surface area contributed by atoms with Gasteiger partial charge in [-0.1, -0.05) is 30.3 Å².